The highest BCUT2D eigenvalue weighted by Gasteiger charge is 2.14. The highest BCUT2D eigenvalue weighted by molar-refractivity contribution is 7.13. The number of ether oxygens (including phenoxy) is 1. The van der Waals surface area contributed by atoms with Gasteiger partial charge in [0.15, 0.2) is 0 Å². The summed E-state index contributed by atoms with van der Waals surface area (Å²) in [6.45, 7) is 6.04. The van der Waals surface area contributed by atoms with Crippen LogP contribution >= 0.6 is 11.3 Å². The van der Waals surface area contributed by atoms with E-state index in [4.69, 9.17) is 4.74 Å². The molecule has 1 amide bonds. The molecule has 0 fully saturated rings. The molecular weight excluding hydrogens is 264 g/mol. The summed E-state index contributed by atoms with van der Waals surface area (Å²) < 4.78 is 5.13. The molecule has 0 aromatic carbocycles. The molecular formula is C12H14N4O2S. The number of thiazole rings is 1. The highest BCUT2D eigenvalue weighted by Crippen LogP contribution is 2.18. The standard InChI is InChI=1S/C12H14N4O2S/c1-4-18-12-13-5-9(6-14-12)16-11(17)10-7(2)15-8(3)19-10/h5-6H,4H2,1-3H3,(H,16,17). The van der Waals surface area contributed by atoms with Crippen LogP contribution in [0.1, 0.15) is 27.3 Å². The van der Waals surface area contributed by atoms with Gasteiger partial charge in [-0.25, -0.2) is 15.0 Å². The molecule has 0 radical (unpaired) electrons. The summed E-state index contributed by atoms with van der Waals surface area (Å²) in [6.07, 6.45) is 3.03. The zero-order valence-electron chi connectivity index (χ0n) is 10.9. The zero-order chi connectivity index (χ0) is 13.8. The molecule has 2 rings (SSSR count). The van der Waals surface area contributed by atoms with E-state index >= 15 is 0 Å². The van der Waals surface area contributed by atoms with Crippen molar-refractivity contribution < 1.29 is 9.53 Å². The van der Waals surface area contributed by atoms with Gasteiger partial charge in [0.2, 0.25) is 0 Å². The molecule has 19 heavy (non-hydrogen) atoms. The van der Waals surface area contributed by atoms with Crippen LogP contribution in [-0.4, -0.2) is 27.5 Å². The van der Waals surface area contributed by atoms with Crippen molar-refractivity contribution in [1.82, 2.24) is 15.0 Å². The van der Waals surface area contributed by atoms with Gasteiger partial charge in [0, 0.05) is 0 Å². The lowest BCUT2D eigenvalue weighted by molar-refractivity contribution is 0.102. The van der Waals surface area contributed by atoms with Gasteiger partial charge >= 0.3 is 6.01 Å². The molecule has 0 saturated heterocycles. The summed E-state index contributed by atoms with van der Waals surface area (Å²) >= 11 is 1.36. The van der Waals surface area contributed by atoms with E-state index in [1.165, 1.54) is 23.7 Å². The number of nitrogens with one attached hydrogen (secondary N) is 1. The summed E-state index contributed by atoms with van der Waals surface area (Å²) in [7, 11) is 0. The molecule has 2 heterocycles. The van der Waals surface area contributed by atoms with Crippen LogP contribution in [0, 0.1) is 13.8 Å². The Hall–Kier alpha value is -2.02. The Morgan fingerprint density at radius 2 is 2.05 bits per heavy atom. The summed E-state index contributed by atoms with van der Waals surface area (Å²) in [5.74, 6) is -0.198. The van der Waals surface area contributed by atoms with Gasteiger partial charge < -0.3 is 10.1 Å². The third-order valence-electron chi connectivity index (χ3n) is 2.27. The van der Waals surface area contributed by atoms with E-state index in [0.717, 1.165) is 10.7 Å². The molecule has 0 aliphatic carbocycles. The molecule has 1 N–H and O–H groups in total. The van der Waals surface area contributed by atoms with Crippen LogP contribution in [0.3, 0.4) is 0 Å². The zero-order valence-corrected chi connectivity index (χ0v) is 11.7. The molecule has 2 aromatic rings. The maximum atomic E-state index is 12.0. The Morgan fingerprint density at radius 3 is 2.58 bits per heavy atom. The lowest BCUT2D eigenvalue weighted by Crippen LogP contribution is -2.12. The second-order valence-electron chi connectivity index (χ2n) is 3.79. The number of hydrogen-bond acceptors (Lipinski definition) is 6. The van der Waals surface area contributed by atoms with Crippen LogP contribution in [0.15, 0.2) is 12.4 Å². The van der Waals surface area contributed by atoms with Gasteiger partial charge in [0.05, 0.1) is 35.4 Å². The third kappa shape index (κ3) is 3.25. The van der Waals surface area contributed by atoms with Crippen LogP contribution in [0.4, 0.5) is 5.69 Å². The van der Waals surface area contributed by atoms with E-state index in [1.54, 1.807) is 0 Å². The fourth-order valence-corrected chi connectivity index (χ4v) is 2.33. The van der Waals surface area contributed by atoms with E-state index < -0.39 is 0 Å². The Kier molecular flexibility index (Phi) is 4.06. The number of amides is 1. The topological polar surface area (TPSA) is 77.0 Å². The summed E-state index contributed by atoms with van der Waals surface area (Å²) in [5.41, 5.74) is 1.26. The van der Waals surface area contributed by atoms with Gasteiger partial charge in [-0.05, 0) is 20.8 Å². The molecule has 7 heteroatoms. The molecule has 2 aromatic heterocycles. The van der Waals surface area contributed by atoms with Gasteiger partial charge in [0.25, 0.3) is 5.91 Å². The number of aryl methyl sites for hydroxylation is 2. The third-order valence-corrected chi connectivity index (χ3v) is 3.34. The molecule has 0 spiro atoms. The molecule has 0 unspecified atom stereocenters. The van der Waals surface area contributed by atoms with Crippen molar-refractivity contribution in [2.75, 3.05) is 11.9 Å². The minimum Gasteiger partial charge on any atom is -0.464 e. The number of aromatic nitrogens is 3. The first-order valence-corrected chi connectivity index (χ1v) is 6.62. The second-order valence-corrected chi connectivity index (χ2v) is 4.99. The first-order chi connectivity index (χ1) is 9.10. The highest BCUT2D eigenvalue weighted by atomic mass is 32.1. The summed E-state index contributed by atoms with van der Waals surface area (Å²) in [5, 5.41) is 3.60. The Bertz CT molecular complexity index is 580. The monoisotopic (exact) mass is 278 g/mol. The van der Waals surface area contributed by atoms with Gasteiger partial charge in [-0.1, -0.05) is 0 Å². The maximum absolute atomic E-state index is 12.0. The predicted octanol–water partition coefficient (Wildman–Crippen LogP) is 2.20. The fraction of sp³-hybridized carbons (Fsp3) is 0.333. The van der Waals surface area contributed by atoms with E-state index in [2.05, 4.69) is 20.3 Å². The first kappa shape index (κ1) is 13.4. The van der Waals surface area contributed by atoms with Crippen molar-refractivity contribution >= 4 is 22.9 Å². The Labute approximate surface area is 114 Å². The number of hydrogen-bond donors (Lipinski definition) is 1. The second kappa shape index (κ2) is 5.75. The molecule has 0 aliphatic heterocycles. The van der Waals surface area contributed by atoms with Crippen LogP contribution in [0.2, 0.25) is 0 Å². The minimum atomic E-state index is -0.198. The van der Waals surface area contributed by atoms with E-state index in [0.29, 0.717) is 23.2 Å². The smallest absolute Gasteiger partial charge is 0.316 e. The van der Waals surface area contributed by atoms with Crippen molar-refractivity contribution in [1.29, 1.82) is 0 Å². The Morgan fingerprint density at radius 1 is 1.37 bits per heavy atom. The average molecular weight is 278 g/mol. The van der Waals surface area contributed by atoms with Crippen molar-refractivity contribution in [2.24, 2.45) is 0 Å². The van der Waals surface area contributed by atoms with E-state index in [1.807, 2.05) is 20.8 Å². The largest absolute Gasteiger partial charge is 0.464 e. The Balaban J connectivity index is 2.08. The molecule has 0 aliphatic rings. The number of carbonyl (C=O) groups is 1. The lowest BCUT2D eigenvalue weighted by Gasteiger charge is -2.04. The molecule has 0 saturated carbocycles. The summed E-state index contributed by atoms with van der Waals surface area (Å²) in [4.78, 5) is 24.8. The number of nitrogens with zero attached hydrogens (tertiary/aromatic N) is 3. The minimum absolute atomic E-state index is 0.198. The average Bonchev–Trinajstić information content (AvgIpc) is 2.71. The quantitative estimate of drug-likeness (QED) is 0.927. The van der Waals surface area contributed by atoms with E-state index in [-0.39, 0.29) is 5.91 Å². The number of rotatable bonds is 4. The normalized spacial score (nSPS) is 10.3. The first-order valence-electron chi connectivity index (χ1n) is 5.80. The van der Waals surface area contributed by atoms with Gasteiger partial charge in [-0.15, -0.1) is 11.3 Å². The van der Waals surface area contributed by atoms with Gasteiger partial charge in [-0.3, -0.25) is 4.79 Å². The molecule has 0 bridgehead atoms. The fourth-order valence-electron chi connectivity index (χ4n) is 1.51. The molecule has 100 valence electrons. The predicted molar refractivity (Wildman–Crippen MR) is 72.7 cm³/mol. The number of carbonyl (C=O) groups excluding carboxylic acids is 1. The number of anilines is 1. The van der Waals surface area contributed by atoms with Crippen molar-refractivity contribution in [2.45, 2.75) is 20.8 Å². The van der Waals surface area contributed by atoms with Crippen LogP contribution in [0.5, 0.6) is 6.01 Å². The van der Waals surface area contributed by atoms with E-state index in [9.17, 15) is 4.79 Å². The molecule has 6 nitrogen and oxygen atoms in total. The lowest BCUT2D eigenvalue weighted by atomic mass is 10.3. The summed E-state index contributed by atoms with van der Waals surface area (Å²) in [6, 6.07) is 0.297. The maximum Gasteiger partial charge on any atom is 0.316 e. The van der Waals surface area contributed by atoms with Crippen molar-refractivity contribution in [3.05, 3.63) is 28.0 Å². The van der Waals surface area contributed by atoms with Crippen molar-refractivity contribution in [3.63, 3.8) is 0 Å². The van der Waals surface area contributed by atoms with Gasteiger partial charge in [0.1, 0.15) is 4.88 Å². The van der Waals surface area contributed by atoms with Gasteiger partial charge in [-0.2, -0.15) is 0 Å². The van der Waals surface area contributed by atoms with Crippen molar-refractivity contribution in [3.8, 4) is 6.01 Å². The SMILES string of the molecule is CCOc1ncc(NC(=O)c2sc(C)nc2C)cn1. The van der Waals surface area contributed by atoms with Crippen LogP contribution < -0.4 is 10.1 Å². The van der Waals surface area contributed by atoms with Crippen LogP contribution in [0.25, 0.3) is 0 Å². The molecule has 0 atom stereocenters. The van der Waals surface area contributed by atoms with Crippen LogP contribution in [-0.2, 0) is 0 Å².